The average molecular weight is 348 g/mol. The van der Waals surface area contributed by atoms with Crippen molar-refractivity contribution in [2.45, 2.75) is 25.2 Å². The summed E-state index contributed by atoms with van der Waals surface area (Å²) in [6, 6.07) is 13.6. The molecule has 2 aromatic rings. The molecule has 0 saturated carbocycles. The lowest BCUT2D eigenvalue weighted by atomic mass is 9.77. The van der Waals surface area contributed by atoms with Gasteiger partial charge >= 0.3 is 0 Å². The SMILES string of the molecule is Cc1cc(C2CCNCC2c2ccc(F)cc2)ccc1Br. The van der Waals surface area contributed by atoms with Crippen LogP contribution >= 0.6 is 15.9 Å². The molecule has 3 rings (SSSR count). The fourth-order valence-electron chi connectivity index (χ4n) is 3.22. The topological polar surface area (TPSA) is 12.0 Å². The summed E-state index contributed by atoms with van der Waals surface area (Å²) < 4.78 is 14.3. The number of hydrogen-bond donors (Lipinski definition) is 1. The van der Waals surface area contributed by atoms with Crippen LogP contribution in [0.5, 0.6) is 0 Å². The zero-order valence-electron chi connectivity index (χ0n) is 12.1. The van der Waals surface area contributed by atoms with Crippen molar-refractivity contribution in [2.75, 3.05) is 13.1 Å². The standard InChI is InChI=1S/C18H19BrFN/c1-12-10-14(4-7-18(12)19)16-8-9-21-11-17(16)13-2-5-15(20)6-3-13/h2-7,10,16-17,21H,8-9,11H2,1H3. The number of aryl methyl sites for hydroxylation is 1. The van der Waals surface area contributed by atoms with Gasteiger partial charge in [-0.15, -0.1) is 0 Å². The summed E-state index contributed by atoms with van der Waals surface area (Å²) in [6.45, 7) is 4.12. The van der Waals surface area contributed by atoms with Crippen LogP contribution in [-0.2, 0) is 0 Å². The van der Waals surface area contributed by atoms with Gasteiger partial charge in [0.05, 0.1) is 0 Å². The van der Waals surface area contributed by atoms with Gasteiger partial charge < -0.3 is 5.32 Å². The van der Waals surface area contributed by atoms with E-state index in [-0.39, 0.29) is 5.82 Å². The first-order chi connectivity index (χ1) is 10.1. The third-order valence-corrected chi connectivity index (χ3v) is 5.28. The Bertz CT molecular complexity index is 624. The van der Waals surface area contributed by atoms with Crippen LogP contribution in [-0.4, -0.2) is 13.1 Å². The third kappa shape index (κ3) is 3.19. The molecule has 0 bridgehead atoms. The Labute approximate surface area is 133 Å². The van der Waals surface area contributed by atoms with Gasteiger partial charge in [-0.2, -0.15) is 0 Å². The fraction of sp³-hybridized carbons (Fsp3) is 0.333. The molecule has 2 atom stereocenters. The zero-order valence-corrected chi connectivity index (χ0v) is 13.7. The molecular weight excluding hydrogens is 329 g/mol. The van der Waals surface area contributed by atoms with Crippen LogP contribution in [0.4, 0.5) is 4.39 Å². The highest BCUT2D eigenvalue weighted by atomic mass is 79.9. The summed E-state index contributed by atoms with van der Waals surface area (Å²) in [6.07, 6.45) is 1.11. The first-order valence-corrected chi connectivity index (χ1v) is 8.16. The number of hydrogen-bond acceptors (Lipinski definition) is 1. The van der Waals surface area contributed by atoms with E-state index in [2.05, 4.69) is 46.4 Å². The smallest absolute Gasteiger partial charge is 0.123 e. The Hall–Kier alpha value is -1.19. The van der Waals surface area contributed by atoms with Crippen molar-refractivity contribution in [1.82, 2.24) is 5.32 Å². The number of benzene rings is 2. The molecule has 0 amide bonds. The fourth-order valence-corrected chi connectivity index (χ4v) is 3.46. The van der Waals surface area contributed by atoms with Gasteiger partial charge in [0.15, 0.2) is 0 Å². The molecule has 1 nitrogen and oxygen atoms in total. The lowest BCUT2D eigenvalue weighted by Crippen LogP contribution is -2.34. The van der Waals surface area contributed by atoms with Gasteiger partial charge in [-0.3, -0.25) is 0 Å². The molecule has 0 aromatic heterocycles. The molecule has 1 N–H and O–H groups in total. The van der Waals surface area contributed by atoms with Crippen LogP contribution in [0.1, 0.15) is 34.9 Å². The van der Waals surface area contributed by atoms with E-state index in [1.807, 2.05) is 12.1 Å². The second-order valence-electron chi connectivity index (χ2n) is 5.77. The van der Waals surface area contributed by atoms with Gasteiger partial charge in [0.2, 0.25) is 0 Å². The quantitative estimate of drug-likeness (QED) is 0.825. The van der Waals surface area contributed by atoms with Crippen LogP contribution in [0, 0.1) is 12.7 Å². The van der Waals surface area contributed by atoms with Gasteiger partial charge in [-0.05, 0) is 60.7 Å². The highest BCUT2D eigenvalue weighted by Gasteiger charge is 2.27. The maximum atomic E-state index is 13.2. The summed E-state index contributed by atoms with van der Waals surface area (Å²) >= 11 is 3.57. The molecule has 1 saturated heterocycles. The van der Waals surface area contributed by atoms with Crippen molar-refractivity contribution >= 4 is 15.9 Å². The van der Waals surface area contributed by atoms with Gasteiger partial charge in [0.25, 0.3) is 0 Å². The van der Waals surface area contributed by atoms with Crippen LogP contribution in [0.25, 0.3) is 0 Å². The van der Waals surface area contributed by atoms with Crippen molar-refractivity contribution in [3.05, 3.63) is 69.4 Å². The van der Waals surface area contributed by atoms with Crippen molar-refractivity contribution in [2.24, 2.45) is 0 Å². The molecule has 2 aromatic carbocycles. The lowest BCUT2D eigenvalue weighted by Gasteiger charge is -2.33. The van der Waals surface area contributed by atoms with E-state index >= 15 is 0 Å². The first-order valence-electron chi connectivity index (χ1n) is 7.37. The lowest BCUT2D eigenvalue weighted by molar-refractivity contribution is 0.403. The van der Waals surface area contributed by atoms with Crippen molar-refractivity contribution in [3.8, 4) is 0 Å². The Balaban J connectivity index is 1.94. The van der Waals surface area contributed by atoms with E-state index in [1.165, 1.54) is 16.7 Å². The molecule has 1 fully saturated rings. The second-order valence-corrected chi connectivity index (χ2v) is 6.62. The minimum absolute atomic E-state index is 0.168. The zero-order chi connectivity index (χ0) is 14.8. The maximum Gasteiger partial charge on any atom is 0.123 e. The number of piperidine rings is 1. The van der Waals surface area contributed by atoms with E-state index in [4.69, 9.17) is 0 Å². The number of rotatable bonds is 2. The van der Waals surface area contributed by atoms with E-state index in [1.54, 1.807) is 12.1 Å². The van der Waals surface area contributed by atoms with E-state index in [9.17, 15) is 4.39 Å². The molecular formula is C18H19BrFN. The van der Waals surface area contributed by atoms with Gasteiger partial charge in [0.1, 0.15) is 5.82 Å². The van der Waals surface area contributed by atoms with Crippen LogP contribution in [0.3, 0.4) is 0 Å². The Morgan fingerprint density at radius 2 is 1.76 bits per heavy atom. The predicted octanol–water partition coefficient (Wildman–Crippen LogP) is 4.76. The second kappa shape index (κ2) is 6.29. The third-order valence-electron chi connectivity index (χ3n) is 4.39. The Morgan fingerprint density at radius 3 is 2.48 bits per heavy atom. The molecule has 1 aliphatic heterocycles. The van der Waals surface area contributed by atoms with Gasteiger partial charge in [-0.1, -0.05) is 40.2 Å². The summed E-state index contributed by atoms with van der Waals surface area (Å²) in [5, 5.41) is 3.47. The molecule has 0 radical (unpaired) electrons. The largest absolute Gasteiger partial charge is 0.316 e. The molecule has 2 unspecified atom stereocenters. The predicted molar refractivity (Wildman–Crippen MR) is 88.2 cm³/mol. The number of nitrogens with one attached hydrogen (secondary N) is 1. The monoisotopic (exact) mass is 347 g/mol. The summed E-state index contributed by atoms with van der Waals surface area (Å²) in [5.74, 6) is 0.724. The molecule has 21 heavy (non-hydrogen) atoms. The van der Waals surface area contributed by atoms with Gasteiger partial charge in [-0.25, -0.2) is 4.39 Å². The molecule has 110 valence electrons. The normalized spacial score (nSPS) is 22.2. The van der Waals surface area contributed by atoms with Crippen molar-refractivity contribution in [1.29, 1.82) is 0 Å². The molecule has 1 aliphatic rings. The Kier molecular flexibility index (Phi) is 4.41. The molecule has 0 aliphatic carbocycles. The molecule has 3 heteroatoms. The van der Waals surface area contributed by atoms with Crippen molar-refractivity contribution < 1.29 is 4.39 Å². The Morgan fingerprint density at radius 1 is 1.05 bits per heavy atom. The van der Waals surface area contributed by atoms with Gasteiger partial charge in [0, 0.05) is 16.9 Å². The molecule has 1 heterocycles. The van der Waals surface area contributed by atoms with E-state index in [0.29, 0.717) is 11.8 Å². The van der Waals surface area contributed by atoms with Crippen LogP contribution in [0.15, 0.2) is 46.9 Å². The van der Waals surface area contributed by atoms with E-state index < -0.39 is 0 Å². The average Bonchev–Trinajstić information content (AvgIpc) is 2.51. The summed E-state index contributed by atoms with van der Waals surface area (Å²) in [7, 11) is 0. The minimum Gasteiger partial charge on any atom is -0.316 e. The van der Waals surface area contributed by atoms with E-state index in [0.717, 1.165) is 24.0 Å². The minimum atomic E-state index is -0.168. The summed E-state index contributed by atoms with van der Waals surface area (Å²) in [4.78, 5) is 0. The highest BCUT2D eigenvalue weighted by molar-refractivity contribution is 9.10. The van der Waals surface area contributed by atoms with Crippen molar-refractivity contribution in [3.63, 3.8) is 0 Å². The molecule has 0 spiro atoms. The highest BCUT2D eigenvalue weighted by Crippen LogP contribution is 2.38. The van der Waals surface area contributed by atoms with Crippen LogP contribution in [0.2, 0.25) is 0 Å². The maximum absolute atomic E-state index is 13.2. The number of halogens is 2. The van der Waals surface area contributed by atoms with Crippen LogP contribution < -0.4 is 5.32 Å². The summed E-state index contributed by atoms with van der Waals surface area (Å²) in [5.41, 5.74) is 3.87. The first kappa shape index (κ1) is 14.7.